The van der Waals surface area contributed by atoms with Crippen molar-refractivity contribution in [2.24, 2.45) is 0 Å². The van der Waals surface area contributed by atoms with Gasteiger partial charge in [0.25, 0.3) is 0 Å². The van der Waals surface area contributed by atoms with E-state index in [1.807, 2.05) is 6.92 Å². The highest BCUT2D eigenvalue weighted by atomic mass is 16.5. The summed E-state index contributed by atoms with van der Waals surface area (Å²) >= 11 is 0. The van der Waals surface area contributed by atoms with Gasteiger partial charge in [0.05, 0.1) is 7.11 Å². The highest BCUT2D eigenvalue weighted by molar-refractivity contribution is 5.80. The molecule has 4 nitrogen and oxygen atoms in total. The SMILES string of the molecule is COC(=O)C(C)(CCCN1[C@H](C)CCC[C@@H]1C)NC(C)C. The summed E-state index contributed by atoms with van der Waals surface area (Å²) in [6.07, 6.45) is 5.76. The van der Waals surface area contributed by atoms with Crippen molar-refractivity contribution >= 4 is 5.97 Å². The summed E-state index contributed by atoms with van der Waals surface area (Å²) in [5, 5.41) is 3.37. The number of nitrogens with zero attached hydrogens (tertiary/aromatic N) is 1. The summed E-state index contributed by atoms with van der Waals surface area (Å²) in [7, 11) is 1.47. The van der Waals surface area contributed by atoms with Crippen LogP contribution in [0.3, 0.4) is 0 Å². The van der Waals surface area contributed by atoms with E-state index in [1.54, 1.807) is 0 Å². The van der Waals surface area contributed by atoms with Crippen LogP contribution in [0.2, 0.25) is 0 Å². The summed E-state index contributed by atoms with van der Waals surface area (Å²) in [5.74, 6) is -0.157. The lowest BCUT2D eigenvalue weighted by molar-refractivity contribution is -0.148. The Bertz CT molecular complexity index is 323. The Morgan fingerprint density at radius 2 is 1.90 bits per heavy atom. The molecule has 0 saturated carbocycles. The van der Waals surface area contributed by atoms with Crippen molar-refractivity contribution in [1.29, 1.82) is 0 Å². The molecule has 21 heavy (non-hydrogen) atoms. The first-order chi connectivity index (χ1) is 9.80. The molecule has 0 aliphatic carbocycles. The zero-order chi connectivity index (χ0) is 16.0. The molecule has 1 rings (SSSR count). The highest BCUT2D eigenvalue weighted by Gasteiger charge is 2.34. The zero-order valence-electron chi connectivity index (χ0n) is 14.7. The van der Waals surface area contributed by atoms with Gasteiger partial charge >= 0.3 is 5.97 Å². The first-order valence-electron chi connectivity index (χ1n) is 8.42. The topological polar surface area (TPSA) is 41.6 Å². The van der Waals surface area contributed by atoms with Gasteiger partial charge in [-0.2, -0.15) is 0 Å². The number of hydrogen-bond donors (Lipinski definition) is 1. The molecule has 1 unspecified atom stereocenters. The molecule has 0 amide bonds. The van der Waals surface area contributed by atoms with Crippen molar-refractivity contribution in [1.82, 2.24) is 10.2 Å². The zero-order valence-corrected chi connectivity index (χ0v) is 14.7. The van der Waals surface area contributed by atoms with Crippen LogP contribution in [0.1, 0.15) is 66.7 Å². The van der Waals surface area contributed by atoms with E-state index in [0.29, 0.717) is 12.1 Å². The van der Waals surface area contributed by atoms with Gasteiger partial charge in [-0.15, -0.1) is 0 Å². The van der Waals surface area contributed by atoms with E-state index in [1.165, 1.54) is 26.4 Å². The number of hydrogen-bond acceptors (Lipinski definition) is 4. The quantitative estimate of drug-likeness (QED) is 0.734. The number of piperidine rings is 1. The molecule has 1 heterocycles. The predicted molar refractivity (Wildman–Crippen MR) is 87.4 cm³/mol. The second kappa shape index (κ2) is 8.14. The maximum atomic E-state index is 12.1. The van der Waals surface area contributed by atoms with Crippen LogP contribution in [-0.4, -0.2) is 48.2 Å². The van der Waals surface area contributed by atoms with Crippen LogP contribution >= 0.6 is 0 Å². The standard InChI is InChI=1S/C17H34N2O2/c1-13(2)18-17(5,16(20)21-6)11-8-12-19-14(3)9-7-10-15(19)4/h13-15,18H,7-12H2,1-6H3/t14-,15+,17?. The van der Waals surface area contributed by atoms with Gasteiger partial charge < -0.3 is 4.74 Å². The highest BCUT2D eigenvalue weighted by Crippen LogP contribution is 2.24. The average Bonchev–Trinajstić information content (AvgIpc) is 2.40. The molecule has 1 N–H and O–H groups in total. The van der Waals surface area contributed by atoms with Gasteiger partial charge in [-0.25, -0.2) is 0 Å². The van der Waals surface area contributed by atoms with Crippen LogP contribution in [0.4, 0.5) is 0 Å². The third-order valence-electron chi connectivity index (χ3n) is 4.71. The Labute approximate surface area is 130 Å². The third kappa shape index (κ3) is 5.26. The van der Waals surface area contributed by atoms with E-state index >= 15 is 0 Å². The van der Waals surface area contributed by atoms with E-state index in [2.05, 4.69) is 37.9 Å². The van der Waals surface area contributed by atoms with Crippen LogP contribution < -0.4 is 5.32 Å². The predicted octanol–water partition coefficient (Wildman–Crippen LogP) is 2.96. The number of rotatable bonds is 7. The molecule has 1 aliphatic rings. The van der Waals surface area contributed by atoms with E-state index in [0.717, 1.165) is 19.4 Å². The number of methoxy groups -OCH3 is 1. The second-order valence-corrected chi connectivity index (χ2v) is 7.09. The molecule has 124 valence electrons. The lowest BCUT2D eigenvalue weighted by atomic mass is 9.93. The number of esters is 1. The van der Waals surface area contributed by atoms with Gasteiger partial charge in [-0.05, 0) is 66.8 Å². The number of carbonyl (C=O) groups excluding carboxylic acids is 1. The summed E-state index contributed by atoms with van der Waals surface area (Å²) in [6, 6.07) is 1.59. The number of likely N-dealkylation sites (tertiary alicyclic amines) is 1. The van der Waals surface area contributed by atoms with Gasteiger partial charge in [0, 0.05) is 18.1 Å². The Hall–Kier alpha value is -0.610. The van der Waals surface area contributed by atoms with Crippen LogP contribution in [0, 0.1) is 0 Å². The van der Waals surface area contributed by atoms with Gasteiger partial charge in [0.1, 0.15) is 5.54 Å². The second-order valence-electron chi connectivity index (χ2n) is 7.09. The van der Waals surface area contributed by atoms with Crippen molar-refractivity contribution in [3.05, 3.63) is 0 Å². The molecule has 1 aliphatic heterocycles. The van der Waals surface area contributed by atoms with Crippen molar-refractivity contribution < 1.29 is 9.53 Å². The fourth-order valence-corrected chi connectivity index (χ4v) is 3.63. The Balaban J connectivity index is 2.55. The molecule has 0 aromatic rings. The van der Waals surface area contributed by atoms with Crippen molar-refractivity contribution in [3.63, 3.8) is 0 Å². The van der Waals surface area contributed by atoms with Crippen molar-refractivity contribution in [2.75, 3.05) is 13.7 Å². The normalized spacial score (nSPS) is 26.6. The van der Waals surface area contributed by atoms with Gasteiger partial charge in [-0.3, -0.25) is 15.0 Å². The molecular formula is C17H34N2O2. The molecule has 1 saturated heterocycles. The van der Waals surface area contributed by atoms with E-state index in [9.17, 15) is 4.79 Å². The van der Waals surface area contributed by atoms with E-state index in [-0.39, 0.29) is 12.0 Å². The average molecular weight is 298 g/mol. The monoisotopic (exact) mass is 298 g/mol. The number of carbonyl (C=O) groups is 1. The molecule has 0 spiro atoms. The maximum Gasteiger partial charge on any atom is 0.325 e. The molecule has 0 radical (unpaired) electrons. The summed E-state index contributed by atoms with van der Waals surface area (Å²) in [5.41, 5.74) is -0.578. The molecule has 0 aromatic carbocycles. The minimum atomic E-state index is -0.578. The van der Waals surface area contributed by atoms with Gasteiger partial charge in [0.15, 0.2) is 0 Å². The largest absolute Gasteiger partial charge is 0.468 e. The summed E-state index contributed by atoms with van der Waals surface area (Å²) < 4.78 is 4.99. The fraction of sp³-hybridized carbons (Fsp3) is 0.941. The molecule has 4 heteroatoms. The summed E-state index contributed by atoms with van der Waals surface area (Å²) in [4.78, 5) is 14.7. The minimum absolute atomic E-state index is 0.157. The maximum absolute atomic E-state index is 12.1. The van der Waals surface area contributed by atoms with Crippen LogP contribution in [0.25, 0.3) is 0 Å². The number of ether oxygens (including phenoxy) is 1. The Morgan fingerprint density at radius 3 is 2.38 bits per heavy atom. The van der Waals surface area contributed by atoms with Gasteiger partial charge in [0.2, 0.25) is 0 Å². The third-order valence-corrected chi connectivity index (χ3v) is 4.71. The lowest BCUT2D eigenvalue weighted by Crippen LogP contribution is -2.53. The smallest absolute Gasteiger partial charge is 0.325 e. The lowest BCUT2D eigenvalue weighted by Gasteiger charge is -2.39. The van der Waals surface area contributed by atoms with Crippen LogP contribution in [0.5, 0.6) is 0 Å². The first-order valence-corrected chi connectivity index (χ1v) is 8.42. The van der Waals surface area contributed by atoms with Crippen LogP contribution in [0.15, 0.2) is 0 Å². The first kappa shape index (κ1) is 18.4. The van der Waals surface area contributed by atoms with Crippen LogP contribution in [-0.2, 0) is 9.53 Å². The fourth-order valence-electron chi connectivity index (χ4n) is 3.63. The van der Waals surface area contributed by atoms with E-state index in [4.69, 9.17) is 4.74 Å². The molecule has 3 atom stereocenters. The van der Waals surface area contributed by atoms with E-state index < -0.39 is 5.54 Å². The van der Waals surface area contributed by atoms with Gasteiger partial charge in [-0.1, -0.05) is 6.42 Å². The van der Waals surface area contributed by atoms with Crippen molar-refractivity contribution in [3.8, 4) is 0 Å². The molecule has 0 bridgehead atoms. The Morgan fingerprint density at radius 1 is 1.33 bits per heavy atom. The molecule has 0 aromatic heterocycles. The van der Waals surface area contributed by atoms with Crippen molar-refractivity contribution in [2.45, 2.75) is 90.4 Å². The Kier molecular flexibility index (Phi) is 7.14. The molecular weight excluding hydrogens is 264 g/mol. The number of nitrogens with one attached hydrogen (secondary N) is 1. The minimum Gasteiger partial charge on any atom is -0.468 e. The summed E-state index contributed by atoms with van der Waals surface area (Å²) in [6.45, 7) is 11.8. The molecule has 1 fully saturated rings.